The minimum absolute atomic E-state index is 0.116. The molecule has 0 spiro atoms. The van der Waals surface area contributed by atoms with Gasteiger partial charge in [-0.15, -0.1) is 0 Å². The van der Waals surface area contributed by atoms with E-state index in [4.69, 9.17) is 0 Å². The molecule has 0 aliphatic heterocycles. The molecule has 0 saturated carbocycles. The Morgan fingerprint density at radius 1 is 0.714 bits per heavy atom. The van der Waals surface area contributed by atoms with Crippen LogP contribution in [-0.4, -0.2) is 26.3 Å². The maximum Gasteiger partial charge on any atom is 0.294 e. The Morgan fingerprint density at radius 3 is 1.38 bits per heavy atom. The fourth-order valence-corrected chi connectivity index (χ4v) is 1.74. The lowest BCUT2D eigenvalue weighted by atomic mass is 9.69. The van der Waals surface area contributed by atoms with E-state index in [2.05, 4.69) is 4.74 Å². The molecule has 2 aromatic carbocycles. The molecule has 0 amide bonds. The number of hydrogen-bond donors (Lipinski definition) is 0. The Balaban J connectivity index is 1.85. The SMILES string of the molecule is O=C(Bc1ccc(F)cc1)OC(=O)Bc1ccc(F)cc1. The fraction of sp³-hybridized carbons (Fsp3) is 0. The highest BCUT2D eigenvalue weighted by molar-refractivity contribution is 6.87. The van der Waals surface area contributed by atoms with E-state index < -0.39 is 23.4 Å². The number of ether oxygens (including phenoxy) is 1. The van der Waals surface area contributed by atoms with E-state index in [1.54, 1.807) is 0 Å². The van der Waals surface area contributed by atoms with Crippen molar-refractivity contribution in [2.75, 3.05) is 0 Å². The summed E-state index contributed by atoms with van der Waals surface area (Å²) in [7, 11) is -0.231. The van der Waals surface area contributed by atoms with Crippen LogP contribution in [0.1, 0.15) is 0 Å². The van der Waals surface area contributed by atoms with Gasteiger partial charge in [0.05, 0.1) is 0 Å². The van der Waals surface area contributed by atoms with Crippen molar-refractivity contribution in [2.24, 2.45) is 0 Å². The highest BCUT2D eigenvalue weighted by atomic mass is 19.1. The van der Waals surface area contributed by atoms with E-state index in [0.717, 1.165) is 0 Å². The molecule has 2 aromatic rings. The minimum atomic E-state index is -0.714. The summed E-state index contributed by atoms with van der Waals surface area (Å²) in [4.78, 5) is 23.1. The first-order chi connectivity index (χ1) is 10.0. The van der Waals surface area contributed by atoms with Gasteiger partial charge in [0, 0.05) is 0 Å². The van der Waals surface area contributed by atoms with Gasteiger partial charge in [-0.1, -0.05) is 35.2 Å². The average Bonchev–Trinajstić information content (AvgIpc) is 2.44. The predicted octanol–water partition coefficient (Wildman–Crippen LogP) is 1.05. The van der Waals surface area contributed by atoms with Crippen LogP contribution < -0.4 is 10.9 Å². The number of benzene rings is 2. The van der Waals surface area contributed by atoms with E-state index >= 15 is 0 Å². The second-order valence-electron chi connectivity index (χ2n) is 4.45. The summed E-state index contributed by atoms with van der Waals surface area (Å²) in [6.45, 7) is 0. The number of halogens is 2. The molecular formula is C14H10B2F2O3. The molecule has 0 aromatic heterocycles. The van der Waals surface area contributed by atoms with Gasteiger partial charge in [0.15, 0.2) is 0 Å². The smallest absolute Gasteiger partial charge is 0.294 e. The zero-order chi connectivity index (χ0) is 15.2. The van der Waals surface area contributed by atoms with Gasteiger partial charge in [0.2, 0.25) is 0 Å². The third-order valence-electron chi connectivity index (χ3n) is 2.75. The van der Waals surface area contributed by atoms with Gasteiger partial charge in [-0.05, 0) is 24.3 Å². The summed E-state index contributed by atoms with van der Waals surface area (Å²) in [5.74, 6) is -2.23. The highest BCUT2D eigenvalue weighted by Gasteiger charge is 2.15. The number of hydrogen-bond acceptors (Lipinski definition) is 3. The monoisotopic (exact) mass is 286 g/mol. The first-order valence-electron chi connectivity index (χ1n) is 6.25. The molecule has 2 rings (SSSR count). The maximum absolute atomic E-state index is 12.7. The lowest BCUT2D eigenvalue weighted by Crippen LogP contribution is -2.31. The standard InChI is InChI=1S/C14H10B2F2O3/c17-11-5-1-9(2-6-11)15-13(19)21-14(20)16-10-3-7-12(18)8-4-10/h1-8,15-16H. The van der Waals surface area contributed by atoms with Crippen LogP contribution in [0.15, 0.2) is 48.5 Å². The largest absolute Gasteiger partial charge is 0.410 e. The van der Waals surface area contributed by atoms with Crippen molar-refractivity contribution >= 4 is 37.2 Å². The van der Waals surface area contributed by atoms with Gasteiger partial charge in [-0.2, -0.15) is 0 Å². The van der Waals surface area contributed by atoms with Crippen LogP contribution in [0.25, 0.3) is 0 Å². The van der Waals surface area contributed by atoms with E-state index in [1.807, 2.05) is 0 Å². The molecule has 3 nitrogen and oxygen atoms in total. The molecule has 0 aliphatic rings. The summed E-state index contributed by atoms with van der Waals surface area (Å²) in [6.07, 6.45) is 0. The lowest BCUT2D eigenvalue weighted by molar-refractivity contribution is 0.184. The molecule has 0 fully saturated rings. The molecule has 0 radical (unpaired) electrons. The molecule has 0 N–H and O–H groups in total. The molecule has 0 atom stereocenters. The molecule has 0 aliphatic carbocycles. The molecule has 104 valence electrons. The minimum Gasteiger partial charge on any atom is -0.410 e. The third kappa shape index (κ3) is 4.87. The van der Waals surface area contributed by atoms with Crippen LogP contribution in [-0.2, 0) is 4.74 Å². The zero-order valence-corrected chi connectivity index (χ0v) is 11.0. The average molecular weight is 286 g/mol. The van der Waals surface area contributed by atoms with Gasteiger partial charge in [-0.3, -0.25) is 9.59 Å². The van der Waals surface area contributed by atoms with Crippen molar-refractivity contribution in [2.45, 2.75) is 0 Å². The van der Waals surface area contributed by atoms with Crippen molar-refractivity contribution in [3.63, 3.8) is 0 Å². The zero-order valence-electron chi connectivity index (χ0n) is 11.0. The Morgan fingerprint density at radius 2 is 1.05 bits per heavy atom. The van der Waals surface area contributed by atoms with E-state index in [0.29, 0.717) is 10.9 Å². The second kappa shape index (κ2) is 6.83. The van der Waals surface area contributed by atoms with E-state index in [9.17, 15) is 18.4 Å². The highest BCUT2D eigenvalue weighted by Crippen LogP contribution is 1.94. The first-order valence-corrected chi connectivity index (χ1v) is 6.25. The normalized spacial score (nSPS) is 9.81. The summed E-state index contributed by atoms with van der Waals surface area (Å²) in [5.41, 5.74) is 1.10. The van der Waals surface area contributed by atoms with Gasteiger partial charge in [-0.25, -0.2) is 8.78 Å². The molecule has 0 unspecified atom stereocenters. The topological polar surface area (TPSA) is 43.4 Å². The number of rotatable bonds is 4. The lowest BCUT2D eigenvalue weighted by Gasteiger charge is -2.02. The van der Waals surface area contributed by atoms with Crippen molar-refractivity contribution in [1.29, 1.82) is 0 Å². The van der Waals surface area contributed by atoms with Crippen LogP contribution in [0, 0.1) is 11.6 Å². The summed E-state index contributed by atoms with van der Waals surface area (Å²) in [5, 5.41) is 0. The molecular weight excluding hydrogens is 276 g/mol. The first kappa shape index (κ1) is 15.0. The predicted molar refractivity (Wildman–Crippen MR) is 78.2 cm³/mol. The van der Waals surface area contributed by atoms with Crippen LogP contribution in [0.3, 0.4) is 0 Å². The van der Waals surface area contributed by atoms with Crippen LogP contribution >= 0.6 is 0 Å². The van der Waals surface area contributed by atoms with E-state index in [1.165, 1.54) is 48.5 Å². The molecule has 0 saturated heterocycles. The van der Waals surface area contributed by atoms with Crippen LogP contribution in [0.2, 0.25) is 0 Å². The van der Waals surface area contributed by atoms with Crippen LogP contribution in [0.4, 0.5) is 18.4 Å². The quantitative estimate of drug-likeness (QED) is 0.623. The summed E-state index contributed by atoms with van der Waals surface area (Å²) in [6, 6.07) is 10.7. The molecule has 21 heavy (non-hydrogen) atoms. The Kier molecular flexibility index (Phi) is 4.87. The number of carbonyl (C=O) groups is 2. The Labute approximate surface area is 121 Å². The van der Waals surface area contributed by atoms with Crippen LogP contribution in [0.5, 0.6) is 0 Å². The molecule has 0 bridgehead atoms. The molecule has 7 heteroatoms. The fourth-order valence-electron chi connectivity index (χ4n) is 1.74. The summed E-state index contributed by atoms with van der Waals surface area (Å²) < 4.78 is 30.1. The van der Waals surface area contributed by atoms with Crippen molar-refractivity contribution in [3.05, 3.63) is 60.2 Å². The van der Waals surface area contributed by atoms with Gasteiger partial charge in [0.25, 0.3) is 26.3 Å². The van der Waals surface area contributed by atoms with Gasteiger partial charge in [0.1, 0.15) is 11.6 Å². The summed E-state index contributed by atoms with van der Waals surface area (Å²) >= 11 is 0. The van der Waals surface area contributed by atoms with Gasteiger partial charge >= 0.3 is 0 Å². The number of carbonyl (C=O) groups excluding carboxylic acids is 2. The van der Waals surface area contributed by atoms with Crippen molar-refractivity contribution < 1.29 is 23.1 Å². The maximum atomic E-state index is 12.7. The van der Waals surface area contributed by atoms with E-state index in [-0.39, 0.29) is 14.6 Å². The third-order valence-corrected chi connectivity index (χ3v) is 2.75. The van der Waals surface area contributed by atoms with Crippen molar-refractivity contribution in [1.82, 2.24) is 0 Å². The Bertz CT molecular complexity index is 585. The second-order valence-corrected chi connectivity index (χ2v) is 4.45. The van der Waals surface area contributed by atoms with Crippen molar-refractivity contribution in [3.8, 4) is 0 Å². The molecule has 0 heterocycles. The Hall–Kier alpha value is -2.43. The van der Waals surface area contributed by atoms with Gasteiger partial charge < -0.3 is 4.74 Å².